The number of hydrogen-bond donors (Lipinski definition) is 1. The van der Waals surface area contributed by atoms with E-state index in [1.165, 1.54) is 0 Å². The molecular formula is C21H27N3O4. The first-order chi connectivity index (χ1) is 13.2. The number of nitrogens with zero attached hydrogens (tertiary/aromatic N) is 2. The molecule has 2 aliphatic heterocycles. The lowest BCUT2D eigenvalue weighted by atomic mass is 9.79. The lowest BCUT2D eigenvalue weighted by Crippen LogP contribution is -2.50. The number of carbonyl (C=O) groups is 1. The van der Waals surface area contributed by atoms with Gasteiger partial charge in [0.2, 0.25) is 0 Å². The molecule has 0 atom stereocenters. The molecule has 1 amide bonds. The van der Waals surface area contributed by atoms with Gasteiger partial charge in [-0.15, -0.1) is 0 Å². The molecule has 0 unspecified atom stereocenters. The Labute approximate surface area is 165 Å². The maximum absolute atomic E-state index is 12.5. The lowest BCUT2D eigenvalue weighted by Gasteiger charge is -2.44. The third-order valence-electron chi connectivity index (χ3n) is 5.37. The molecule has 1 aromatic carbocycles. The van der Waals surface area contributed by atoms with Gasteiger partial charge in [0, 0.05) is 48.8 Å². The van der Waals surface area contributed by atoms with Gasteiger partial charge in [-0.3, -0.25) is 5.10 Å². The fourth-order valence-electron chi connectivity index (χ4n) is 4.08. The average Bonchev–Trinajstić information content (AvgIpc) is 3.03. The van der Waals surface area contributed by atoms with Gasteiger partial charge in [-0.25, -0.2) is 4.79 Å². The molecule has 4 rings (SSSR count). The highest BCUT2D eigenvalue weighted by molar-refractivity contribution is 5.75. The molecule has 2 aliphatic rings. The molecule has 1 spiro atoms. The Balaban J connectivity index is 1.64. The second-order valence-electron chi connectivity index (χ2n) is 8.50. The fourth-order valence-corrected chi connectivity index (χ4v) is 4.08. The minimum absolute atomic E-state index is 0.274. The van der Waals surface area contributed by atoms with Crippen LogP contribution in [-0.4, -0.2) is 47.0 Å². The number of likely N-dealkylation sites (tertiary alicyclic amines) is 1. The maximum Gasteiger partial charge on any atom is 0.410 e. The number of nitrogens with one attached hydrogen (secondary N) is 1. The Kier molecular flexibility index (Phi) is 4.28. The molecule has 3 heterocycles. The number of H-pyrrole nitrogens is 1. The number of carbonyl (C=O) groups excluding carboxylic acids is 1. The van der Waals surface area contributed by atoms with Crippen molar-refractivity contribution in [3.05, 3.63) is 29.5 Å². The molecule has 0 radical (unpaired) electrons. The van der Waals surface area contributed by atoms with E-state index in [1.54, 1.807) is 12.0 Å². The van der Waals surface area contributed by atoms with Crippen LogP contribution in [0.3, 0.4) is 0 Å². The van der Waals surface area contributed by atoms with Crippen LogP contribution in [0, 0.1) is 6.92 Å². The van der Waals surface area contributed by atoms with E-state index in [0.29, 0.717) is 25.9 Å². The van der Waals surface area contributed by atoms with E-state index in [9.17, 15) is 4.79 Å². The first-order valence-electron chi connectivity index (χ1n) is 9.63. The van der Waals surface area contributed by atoms with Gasteiger partial charge in [0.1, 0.15) is 28.4 Å². The SMILES string of the molecule is COc1ccc2c(c1)OC1(CCN(C(=O)OC(C)(C)C)CC1)c1c-2n[nH]c1C. The minimum atomic E-state index is -0.510. The van der Waals surface area contributed by atoms with Gasteiger partial charge in [-0.2, -0.15) is 5.10 Å². The third-order valence-corrected chi connectivity index (χ3v) is 5.37. The van der Waals surface area contributed by atoms with Crippen molar-refractivity contribution in [3.63, 3.8) is 0 Å². The van der Waals surface area contributed by atoms with Crippen LogP contribution in [0.25, 0.3) is 11.3 Å². The Bertz CT molecular complexity index is 905. The molecule has 1 fully saturated rings. The molecule has 0 bridgehead atoms. The number of hydrogen-bond acceptors (Lipinski definition) is 5. The van der Waals surface area contributed by atoms with Crippen LogP contribution in [0.1, 0.15) is 44.9 Å². The van der Waals surface area contributed by atoms with E-state index in [2.05, 4.69) is 10.2 Å². The van der Waals surface area contributed by atoms with E-state index in [0.717, 1.165) is 34.0 Å². The number of methoxy groups -OCH3 is 1. The molecule has 1 N–H and O–H groups in total. The first kappa shape index (κ1) is 18.7. The summed E-state index contributed by atoms with van der Waals surface area (Å²) in [7, 11) is 1.64. The minimum Gasteiger partial charge on any atom is -0.497 e. The molecule has 7 nitrogen and oxygen atoms in total. The largest absolute Gasteiger partial charge is 0.497 e. The van der Waals surface area contributed by atoms with Crippen LogP contribution in [0.5, 0.6) is 11.5 Å². The van der Waals surface area contributed by atoms with Crippen molar-refractivity contribution in [1.82, 2.24) is 15.1 Å². The van der Waals surface area contributed by atoms with E-state index in [4.69, 9.17) is 14.2 Å². The summed E-state index contributed by atoms with van der Waals surface area (Å²) in [6.07, 6.45) is 1.08. The number of ether oxygens (including phenoxy) is 3. The third kappa shape index (κ3) is 3.08. The van der Waals surface area contributed by atoms with Crippen molar-refractivity contribution in [2.24, 2.45) is 0 Å². The van der Waals surface area contributed by atoms with Gasteiger partial charge >= 0.3 is 6.09 Å². The van der Waals surface area contributed by atoms with Crippen molar-refractivity contribution in [1.29, 1.82) is 0 Å². The first-order valence-corrected chi connectivity index (χ1v) is 9.63. The zero-order valence-electron chi connectivity index (χ0n) is 17.1. The topological polar surface area (TPSA) is 76.7 Å². The van der Waals surface area contributed by atoms with E-state index in [1.807, 2.05) is 45.9 Å². The number of aromatic amines is 1. The number of aromatic nitrogens is 2. The zero-order valence-corrected chi connectivity index (χ0v) is 17.1. The van der Waals surface area contributed by atoms with E-state index >= 15 is 0 Å². The predicted molar refractivity (Wildman–Crippen MR) is 105 cm³/mol. The summed E-state index contributed by atoms with van der Waals surface area (Å²) in [6.45, 7) is 8.80. The summed E-state index contributed by atoms with van der Waals surface area (Å²) in [6, 6.07) is 5.80. The van der Waals surface area contributed by atoms with Gasteiger partial charge in [0.05, 0.1) is 7.11 Å². The summed E-state index contributed by atoms with van der Waals surface area (Å²) in [4.78, 5) is 14.2. The van der Waals surface area contributed by atoms with Gasteiger partial charge in [-0.05, 0) is 39.8 Å². The second-order valence-corrected chi connectivity index (χ2v) is 8.50. The zero-order chi connectivity index (χ0) is 20.1. The van der Waals surface area contributed by atoms with Crippen LogP contribution in [0.2, 0.25) is 0 Å². The highest BCUT2D eigenvalue weighted by Crippen LogP contribution is 2.50. The molecule has 0 saturated carbocycles. The lowest BCUT2D eigenvalue weighted by molar-refractivity contribution is -0.0219. The summed E-state index contributed by atoms with van der Waals surface area (Å²) in [5.74, 6) is 1.51. The van der Waals surface area contributed by atoms with E-state index < -0.39 is 11.2 Å². The molecular weight excluding hydrogens is 358 g/mol. The standard InChI is InChI=1S/C21H27N3O4/c1-13-17-18(23-22-13)15-7-6-14(26-5)12-16(15)27-21(17)8-10-24(11-9-21)19(25)28-20(2,3)4/h6-7,12H,8-11H2,1-5H3,(H,22,23). The van der Waals surface area contributed by atoms with Crippen LogP contribution >= 0.6 is 0 Å². The molecule has 2 aromatic rings. The smallest absolute Gasteiger partial charge is 0.410 e. The second kappa shape index (κ2) is 6.43. The molecule has 28 heavy (non-hydrogen) atoms. The quantitative estimate of drug-likeness (QED) is 0.803. The van der Waals surface area contributed by atoms with Crippen LogP contribution in [0.15, 0.2) is 18.2 Å². The number of benzene rings is 1. The Morgan fingerprint density at radius 1 is 1.29 bits per heavy atom. The summed E-state index contributed by atoms with van der Waals surface area (Å²) < 4.78 is 17.5. The Morgan fingerprint density at radius 2 is 2.00 bits per heavy atom. The van der Waals surface area contributed by atoms with Crippen molar-refractivity contribution >= 4 is 6.09 Å². The van der Waals surface area contributed by atoms with Crippen molar-refractivity contribution in [2.45, 2.75) is 51.7 Å². The van der Waals surface area contributed by atoms with Crippen molar-refractivity contribution in [2.75, 3.05) is 20.2 Å². The number of aryl methyl sites for hydroxylation is 1. The van der Waals surface area contributed by atoms with Crippen LogP contribution in [-0.2, 0) is 10.3 Å². The molecule has 1 saturated heterocycles. The Morgan fingerprint density at radius 3 is 2.64 bits per heavy atom. The van der Waals surface area contributed by atoms with Gasteiger partial charge in [-0.1, -0.05) is 0 Å². The van der Waals surface area contributed by atoms with Crippen molar-refractivity contribution < 1.29 is 19.0 Å². The van der Waals surface area contributed by atoms with Crippen LogP contribution < -0.4 is 9.47 Å². The van der Waals surface area contributed by atoms with E-state index in [-0.39, 0.29) is 6.09 Å². The van der Waals surface area contributed by atoms with Gasteiger partial charge < -0.3 is 19.1 Å². The van der Waals surface area contributed by atoms with Crippen molar-refractivity contribution in [3.8, 4) is 22.8 Å². The monoisotopic (exact) mass is 385 g/mol. The number of piperidine rings is 1. The summed E-state index contributed by atoms with van der Waals surface area (Å²) >= 11 is 0. The highest BCUT2D eigenvalue weighted by Gasteiger charge is 2.47. The maximum atomic E-state index is 12.5. The van der Waals surface area contributed by atoms with Gasteiger partial charge in [0.15, 0.2) is 0 Å². The number of fused-ring (bicyclic) bond motifs is 4. The van der Waals surface area contributed by atoms with Crippen LogP contribution in [0.4, 0.5) is 4.79 Å². The molecule has 7 heteroatoms. The average molecular weight is 385 g/mol. The summed E-state index contributed by atoms with van der Waals surface area (Å²) in [5.41, 5.74) is 2.96. The highest BCUT2D eigenvalue weighted by atomic mass is 16.6. The fraction of sp³-hybridized carbons (Fsp3) is 0.524. The Hall–Kier alpha value is -2.70. The predicted octanol–water partition coefficient (Wildman–Crippen LogP) is 4.01. The normalized spacial score (nSPS) is 17.5. The summed E-state index contributed by atoms with van der Waals surface area (Å²) in [5, 5.41) is 7.67. The number of rotatable bonds is 1. The molecule has 150 valence electrons. The van der Waals surface area contributed by atoms with Gasteiger partial charge in [0.25, 0.3) is 0 Å². The molecule has 1 aromatic heterocycles. The molecule has 0 aliphatic carbocycles. The number of amides is 1.